The van der Waals surface area contributed by atoms with Gasteiger partial charge in [0.25, 0.3) is 11.8 Å². The number of carbonyl (C=O) groups is 3. The molecule has 2 amide bonds. The fourth-order valence-corrected chi connectivity index (χ4v) is 1.14. The van der Waals surface area contributed by atoms with Gasteiger partial charge in [-0.2, -0.15) is 0 Å². The Hall–Kier alpha value is -1.66. The van der Waals surface area contributed by atoms with E-state index >= 15 is 0 Å². The molecule has 1 saturated heterocycles. The first-order chi connectivity index (χ1) is 7.08. The number of hydrogen-bond donors (Lipinski definition) is 0. The van der Waals surface area contributed by atoms with Gasteiger partial charge in [-0.15, -0.1) is 0 Å². The zero-order chi connectivity index (χ0) is 11.0. The molecule has 82 valence electrons. The third-order valence-corrected chi connectivity index (χ3v) is 2.08. The van der Waals surface area contributed by atoms with E-state index in [1.807, 2.05) is 0 Å². The summed E-state index contributed by atoms with van der Waals surface area (Å²) in [4.78, 5) is 37.2. The van der Waals surface area contributed by atoms with Crippen LogP contribution in [0.4, 0.5) is 9.18 Å². The first-order valence-corrected chi connectivity index (χ1v) is 4.46. The summed E-state index contributed by atoms with van der Waals surface area (Å²) in [5.74, 6) is -1.19. The molecule has 0 unspecified atom stereocenters. The Morgan fingerprint density at radius 3 is 2.33 bits per heavy atom. The van der Waals surface area contributed by atoms with Crippen molar-refractivity contribution in [3.8, 4) is 0 Å². The van der Waals surface area contributed by atoms with Crippen LogP contribution in [0.3, 0.4) is 0 Å². The molecule has 0 aromatic carbocycles. The second-order valence-electron chi connectivity index (χ2n) is 3.33. The number of alkyl halides is 1. The van der Waals surface area contributed by atoms with Crippen LogP contribution in [0.25, 0.3) is 0 Å². The number of hydroxylamine groups is 2. The Labute approximate surface area is 83.9 Å². The monoisotopic (exact) mass is 217 g/mol. The number of imide groups is 1. The molecule has 2 fully saturated rings. The van der Waals surface area contributed by atoms with Crippen LogP contribution in [-0.2, 0) is 19.2 Å². The lowest BCUT2D eigenvalue weighted by Gasteiger charge is -2.11. The maximum Gasteiger partial charge on any atom is 0.534 e. The minimum Gasteiger partial charge on any atom is -0.426 e. The van der Waals surface area contributed by atoms with Crippen LogP contribution in [0.5, 0.6) is 0 Å². The van der Waals surface area contributed by atoms with Gasteiger partial charge in [0.2, 0.25) is 0 Å². The molecular formula is C8H8FNO5. The quantitative estimate of drug-likeness (QED) is 0.491. The van der Waals surface area contributed by atoms with Crippen molar-refractivity contribution in [2.75, 3.05) is 0 Å². The van der Waals surface area contributed by atoms with E-state index in [4.69, 9.17) is 0 Å². The molecule has 0 radical (unpaired) electrons. The highest BCUT2D eigenvalue weighted by Crippen LogP contribution is 2.29. The fraction of sp³-hybridized carbons (Fsp3) is 0.625. The zero-order valence-electron chi connectivity index (χ0n) is 7.64. The van der Waals surface area contributed by atoms with Gasteiger partial charge in [0.15, 0.2) is 0 Å². The molecule has 0 aromatic rings. The van der Waals surface area contributed by atoms with Gasteiger partial charge in [0.05, 0.1) is 0 Å². The molecule has 1 aliphatic heterocycles. The van der Waals surface area contributed by atoms with Gasteiger partial charge < -0.3 is 4.74 Å². The van der Waals surface area contributed by atoms with Crippen LogP contribution in [0, 0.1) is 0 Å². The minimum absolute atomic E-state index is 0.0152. The van der Waals surface area contributed by atoms with Crippen LogP contribution in [0.1, 0.15) is 19.3 Å². The first kappa shape index (κ1) is 9.88. The molecule has 1 heterocycles. The van der Waals surface area contributed by atoms with Crippen LogP contribution < -0.4 is 0 Å². The van der Waals surface area contributed by atoms with E-state index in [2.05, 4.69) is 9.57 Å². The van der Waals surface area contributed by atoms with E-state index in [-0.39, 0.29) is 19.3 Å². The third-order valence-electron chi connectivity index (χ3n) is 2.08. The van der Waals surface area contributed by atoms with Crippen molar-refractivity contribution < 1.29 is 28.3 Å². The summed E-state index contributed by atoms with van der Waals surface area (Å²) in [6.45, 7) is 0. The number of amides is 2. The van der Waals surface area contributed by atoms with Crippen molar-refractivity contribution in [1.29, 1.82) is 0 Å². The number of halogens is 1. The predicted molar refractivity (Wildman–Crippen MR) is 42.0 cm³/mol. The molecular weight excluding hydrogens is 209 g/mol. The van der Waals surface area contributed by atoms with E-state index < -0.39 is 30.2 Å². The topological polar surface area (TPSA) is 72.9 Å². The normalized spacial score (nSPS) is 29.3. The van der Waals surface area contributed by atoms with E-state index in [1.165, 1.54) is 0 Å². The molecule has 0 spiro atoms. The maximum absolute atomic E-state index is 12.3. The third kappa shape index (κ3) is 2.05. The summed E-state index contributed by atoms with van der Waals surface area (Å²) >= 11 is 0. The van der Waals surface area contributed by atoms with Crippen LogP contribution in [-0.4, -0.2) is 35.3 Å². The highest BCUT2D eigenvalue weighted by atomic mass is 19.1. The lowest BCUT2D eigenvalue weighted by atomic mass is 10.4. The Balaban J connectivity index is 1.82. The number of carbonyl (C=O) groups excluding carboxylic acids is 3. The summed E-state index contributed by atoms with van der Waals surface area (Å²) in [5, 5.41) is 0.359. The highest BCUT2D eigenvalue weighted by molar-refractivity contribution is 6.01. The Kier molecular flexibility index (Phi) is 2.29. The van der Waals surface area contributed by atoms with Gasteiger partial charge in [-0.05, 0) is 0 Å². The number of ether oxygens (including phenoxy) is 1. The van der Waals surface area contributed by atoms with E-state index in [0.717, 1.165) is 0 Å². The summed E-state index contributed by atoms with van der Waals surface area (Å²) in [6.07, 6.45) is -3.02. The Morgan fingerprint density at radius 2 is 1.87 bits per heavy atom. The van der Waals surface area contributed by atoms with Crippen molar-refractivity contribution in [3.63, 3.8) is 0 Å². The van der Waals surface area contributed by atoms with E-state index in [1.54, 1.807) is 0 Å². The molecule has 6 nitrogen and oxygen atoms in total. The molecule has 1 saturated carbocycles. The van der Waals surface area contributed by atoms with Crippen molar-refractivity contribution in [1.82, 2.24) is 5.06 Å². The molecule has 15 heavy (non-hydrogen) atoms. The first-order valence-electron chi connectivity index (χ1n) is 4.46. The van der Waals surface area contributed by atoms with Crippen molar-refractivity contribution in [2.24, 2.45) is 0 Å². The second-order valence-corrected chi connectivity index (χ2v) is 3.33. The van der Waals surface area contributed by atoms with Gasteiger partial charge >= 0.3 is 6.16 Å². The van der Waals surface area contributed by atoms with E-state index in [0.29, 0.717) is 5.06 Å². The fourth-order valence-electron chi connectivity index (χ4n) is 1.14. The van der Waals surface area contributed by atoms with Crippen LogP contribution in [0.2, 0.25) is 0 Å². The van der Waals surface area contributed by atoms with Crippen LogP contribution >= 0.6 is 0 Å². The lowest BCUT2D eigenvalue weighted by molar-refractivity contribution is -0.177. The minimum atomic E-state index is -1.22. The smallest absolute Gasteiger partial charge is 0.426 e. The largest absolute Gasteiger partial charge is 0.534 e. The molecule has 0 aromatic heterocycles. The molecule has 2 aliphatic rings. The van der Waals surface area contributed by atoms with Crippen molar-refractivity contribution in [3.05, 3.63) is 0 Å². The van der Waals surface area contributed by atoms with Crippen LogP contribution in [0.15, 0.2) is 0 Å². The number of rotatable bonds is 2. The van der Waals surface area contributed by atoms with Crippen molar-refractivity contribution >= 4 is 18.0 Å². The van der Waals surface area contributed by atoms with Crippen molar-refractivity contribution in [2.45, 2.75) is 31.5 Å². The SMILES string of the molecule is O=C(O[C@@H]1C[C@H]1F)ON1C(=O)CCC1=O. The van der Waals surface area contributed by atoms with Gasteiger partial charge in [-0.3, -0.25) is 14.4 Å². The van der Waals surface area contributed by atoms with E-state index in [9.17, 15) is 18.8 Å². The summed E-state index contributed by atoms with van der Waals surface area (Å²) in [5.41, 5.74) is 0. The standard InChI is InChI=1S/C8H8FNO5/c9-4-3-5(4)14-8(13)15-10-6(11)1-2-7(10)12/h4-5H,1-3H2/t4-,5-/m1/s1. The summed E-state index contributed by atoms with van der Waals surface area (Å²) in [6, 6.07) is 0. The number of hydrogen-bond acceptors (Lipinski definition) is 5. The Bertz CT molecular complexity index is 315. The molecule has 7 heteroatoms. The number of nitrogens with zero attached hydrogens (tertiary/aromatic N) is 1. The molecule has 2 atom stereocenters. The predicted octanol–water partition coefficient (Wildman–Crippen LogP) is 0.314. The van der Waals surface area contributed by atoms with Gasteiger partial charge in [0, 0.05) is 19.3 Å². The lowest BCUT2D eigenvalue weighted by Crippen LogP contribution is -2.32. The molecule has 1 aliphatic carbocycles. The summed E-state index contributed by atoms with van der Waals surface area (Å²) in [7, 11) is 0. The summed E-state index contributed by atoms with van der Waals surface area (Å²) < 4.78 is 16.8. The average molecular weight is 217 g/mol. The van der Waals surface area contributed by atoms with Gasteiger partial charge in [-0.25, -0.2) is 9.18 Å². The highest BCUT2D eigenvalue weighted by Gasteiger charge is 2.43. The van der Waals surface area contributed by atoms with Gasteiger partial charge in [-0.1, -0.05) is 5.06 Å². The average Bonchev–Trinajstić information content (AvgIpc) is 2.77. The Morgan fingerprint density at radius 1 is 1.33 bits per heavy atom. The molecule has 0 N–H and O–H groups in total. The molecule has 2 rings (SSSR count). The molecule has 0 bridgehead atoms. The second kappa shape index (κ2) is 3.48. The zero-order valence-corrected chi connectivity index (χ0v) is 7.64. The maximum atomic E-state index is 12.3. The van der Waals surface area contributed by atoms with Gasteiger partial charge in [0.1, 0.15) is 12.3 Å².